The van der Waals surface area contributed by atoms with Gasteiger partial charge in [-0.25, -0.2) is 14.0 Å². The number of carbonyl (C=O) groups is 2. The summed E-state index contributed by atoms with van der Waals surface area (Å²) in [4.78, 5) is 24.5. The third-order valence-corrected chi connectivity index (χ3v) is 3.39. The summed E-state index contributed by atoms with van der Waals surface area (Å²) in [7, 11) is 0. The second kappa shape index (κ2) is 7.06. The number of carbonyl (C=O) groups excluding carboxylic acids is 1. The Morgan fingerprint density at radius 2 is 1.95 bits per heavy atom. The number of hydrogen-bond donors (Lipinski definition) is 2. The number of urea groups is 1. The molecule has 0 unspecified atom stereocenters. The zero-order valence-corrected chi connectivity index (χ0v) is 12.5. The quantitative estimate of drug-likeness (QED) is 0.846. The molecule has 0 atom stereocenters. The Hall–Kier alpha value is -2.11. The Balaban J connectivity index is 2.60. The third-order valence-electron chi connectivity index (χ3n) is 3.39. The normalized spacial score (nSPS) is 11.0. The van der Waals surface area contributed by atoms with Crippen LogP contribution in [-0.2, 0) is 11.2 Å². The van der Waals surface area contributed by atoms with Gasteiger partial charge in [-0.3, -0.25) is 0 Å². The Morgan fingerprint density at radius 3 is 2.48 bits per heavy atom. The molecule has 0 bridgehead atoms. The van der Waals surface area contributed by atoms with Gasteiger partial charge >= 0.3 is 12.0 Å². The van der Waals surface area contributed by atoms with Crippen molar-refractivity contribution in [2.24, 2.45) is 0 Å². The Labute approximate surface area is 123 Å². The lowest BCUT2D eigenvalue weighted by Crippen LogP contribution is -2.56. The monoisotopic (exact) mass is 296 g/mol. The summed E-state index contributed by atoms with van der Waals surface area (Å²) >= 11 is 0. The van der Waals surface area contributed by atoms with Gasteiger partial charge in [0, 0.05) is 13.1 Å². The number of aliphatic carboxylic acids is 1. The fourth-order valence-corrected chi connectivity index (χ4v) is 2.01. The Morgan fingerprint density at radius 1 is 1.33 bits per heavy atom. The predicted octanol–water partition coefficient (Wildman–Crippen LogP) is 2.26. The SMILES string of the molecule is CCN(C(=O)NCCc1ccccc1F)C(C)(C)C(=O)O. The van der Waals surface area contributed by atoms with Crippen LogP contribution in [0.1, 0.15) is 26.3 Å². The number of benzene rings is 1. The fraction of sp³-hybridized carbons (Fsp3) is 0.467. The summed E-state index contributed by atoms with van der Waals surface area (Å²) < 4.78 is 13.4. The van der Waals surface area contributed by atoms with E-state index in [2.05, 4.69) is 5.32 Å². The first-order valence-electron chi connectivity index (χ1n) is 6.83. The van der Waals surface area contributed by atoms with Gasteiger partial charge in [0.05, 0.1) is 0 Å². The summed E-state index contributed by atoms with van der Waals surface area (Å²) in [6, 6.07) is 5.88. The Kier molecular flexibility index (Phi) is 5.69. The number of amides is 2. The first kappa shape index (κ1) is 16.9. The van der Waals surface area contributed by atoms with Crippen LogP contribution in [-0.4, -0.2) is 40.6 Å². The summed E-state index contributed by atoms with van der Waals surface area (Å²) in [5.74, 6) is -1.39. The molecule has 0 radical (unpaired) electrons. The summed E-state index contributed by atoms with van der Waals surface area (Å²) in [6.07, 6.45) is 0.351. The highest BCUT2D eigenvalue weighted by atomic mass is 19.1. The van der Waals surface area contributed by atoms with Crippen LogP contribution >= 0.6 is 0 Å². The van der Waals surface area contributed by atoms with Crippen molar-refractivity contribution in [1.29, 1.82) is 0 Å². The Bertz CT molecular complexity index is 517. The molecule has 116 valence electrons. The second-order valence-electron chi connectivity index (χ2n) is 5.18. The lowest BCUT2D eigenvalue weighted by molar-refractivity contribution is -0.147. The zero-order chi connectivity index (χ0) is 16.0. The molecule has 0 heterocycles. The number of carboxylic acids is 1. The van der Waals surface area contributed by atoms with Crippen LogP contribution in [0.5, 0.6) is 0 Å². The van der Waals surface area contributed by atoms with E-state index in [1.165, 1.54) is 24.8 Å². The molecule has 21 heavy (non-hydrogen) atoms. The van der Waals surface area contributed by atoms with Crippen molar-refractivity contribution < 1.29 is 19.1 Å². The number of nitrogens with one attached hydrogen (secondary N) is 1. The lowest BCUT2D eigenvalue weighted by atomic mass is 10.0. The predicted molar refractivity (Wildman–Crippen MR) is 77.6 cm³/mol. The van der Waals surface area contributed by atoms with Crippen molar-refractivity contribution in [2.45, 2.75) is 32.7 Å². The molecule has 2 N–H and O–H groups in total. The lowest BCUT2D eigenvalue weighted by Gasteiger charge is -2.34. The molecule has 1 aromatic carbocycles. The van der Waals surface area contributed by atoms with Gasteiger partial charge in [0.2, 0.25) is 0 Å². The second-order valence-corrected chi connectivity index (χ2v) is 5.18. The van der Waals surface area contributed by atoms with Crippen molar-refractivity contribution in [3.05, 3.63) is 35.6 Å². The van der Waals surface area contributed by atoms with E-state index in [-0.39, 0.29) is 18.9 Å². The van der Waals surface area contributed by atoms with Gasteiger partial charge in [-0.1, -0.05) is 18.2 Å². The van der Waals surface area contributed by atoms with E-state index in [1.54, 1.807) is 25.1 Å². The topological polar surface area (TPSA) is 69.6 Å². The van der Waals surface area contributed by atoms with Crippen molar-refractivity contribution in [2.75, 3.05) is 13.1 Å². The van der Waals surface area contributed by atoms with Crippen LogP contribution < -0.4 is 5.32 Å². The molecule has 5 nitrogen and oxygen atoms in total. The molecule has 0 saturated carbocycles. The van der Waals surface area contributed by atoms with Gasteiger partial charge in [0.25, 0.3) is 0 Å². The summed E-state index contributed by atoms with van der Waals surface area (Å²) in [5, 5.41) is 11.8. The molecule has 0 aliphatic rings. The molecule has 0 saturated heterocycles. The maximum Gasteiger partial charge on any atom is 0.329 e. The number of halogens is 1. The number of nitrogens with zero attached hydrogens (tertiary/aromatic N) is 1. The average Bonchev–Trinajstić information content (AvgIpc) is 2.41. The van der Waals surface area contributed by atoms with Crippen molar-refractivity contribution in [1.82, 2.24) is 10.2 Å². The van der Waals surface area contributed by atoms with E-state index < -0.39 is 17.5 Å². The van der Waals surface area contributed by atoms with Crippen LogP contribution in [0.15, 0.2) is 24.3 Å². The summed E-state index contributed by atoms with van der Waals surface area (Å²) in [5.41, 5.74) is -0.782. The number of carboxylic acid groups (broad SMARTS) is 1. The van der Waals surface area contributed by atoms with Crippen LogP contribution in [0, 0.1) is 5.82 Å². The minimum Gasteiger partial charge on any atom is -0.480 e. The molecular formula is C15H21FN2O3. The fourth-order valence-electron chi connectivity index (χ4n) is 2.01. The van der Waals surface area contributed by atoms with E-state index in [1.807, 2.05) is 0 Å². The standard InChI is InChI=1S/C15H21FN2O3/c1-4-18(15(2,3)13(19)20)14(21)17-10-9-11-7-5-6-8-12(11)16/h5-8H,4,9-10H2,1-3H3,(H,17,21)(H,19,20). The first-order chi connectivity index (χ1) is 9.80. The average molecular weight is 296 g/mol. The summed E-state index contributed by atoms with van der Waals surface area (Å²) in [6.45, 7) is 5.16. The van der Waals surface area contributed by atoms with E-state index in [0.717, 1.165) is 0 Å². The van der Waals surface area contributed by atoms with Crippen LogP contribution in [0.25, 0.3) is 0 Å². The zero-order valence-electron chi connectivity index (χ0n) is 12.5. The maximum absolute atomic E-state index is 13.4. The van der Waals surface area contributed by atoms with Crippen LogP contribution in [0.3, 0.4) is 0 Å². The third kappa shape index (κ3) is 4.18. The van der Waals surface area contributed by atoms with Gasteiger partial charge in [0.1, 0.15) is 11.4 Å². The van der Waals surface area contributed by atoms with Gasteiger partial charge in [-0.15, -0.1) is 0 Å². The highest BCUT2D eigenvalue weighted by Crippen LogP contribution is 2.14. The minimum atomic E-state index is -1.29. The van der Waals surface area contributed by atoms with Crippen molar-refractivity contribution in [3.63, 3.8) is 0 Å². The van der Waals surface area contributed by atoms with Crippen LogP contribution in [0.2, 0.25) is 0 Å². The molecule has 1 rings (SSSR count). The highest BCUT2D eigenvalue weighted by Gasteiger charge is 2.36. The highest BCUT2D eigenvalue weighted by molar-refractivity contribution is 5.85. The van der Waals surface area contributed by atoms with Crippen molar-refractivity contribution >= 4 is 12.0 Å². The maximum atomic E-state index is 13.4. The van der Waals surface area contributed by atoms with E-state index in [4.69, 9.17) is 5.11 Å². The van der Waals surface area contributed by atoms with E-state index in [0.29, 0.717) is 12.0 Å². The minimum absolute atomic E-state index is 0.242. The molecule has 0 aromatic heterocycles. The molecule has 0 fully saturated rings. The van der Waals surface area contributed by atoms with Gasteiger partial charge < -0.3 is 15.3 Å². The molecule has 2 amide bonds. The van der Waals surface area contributed by atoms with Gasteiger partial charge in [0.15, 0.2) is 0 Å². The van der Waals surface area contributed by atoms with Crippen molar-refractivity contribution in [3.8, 4) is 0 Å². The smallest absolute Gasteiger partial charge is 0.329 e. The largest absolute Gasteiger partial charge is 0.480 e. The molecule has 0 spiro atoms. The first-order valence-corrected chi connectivity index (χ1v) is 6.83. The van der Waals surface area contributed by atoms with E-state index in [9.17, 15) is 14.0 Å². The molecule has 1 aromatic rings. The van der Waals surface area contributed by atoms with Gasteiger partial charge in [-0.2, -0.15) is 0 Å². The van der Waals surface area contributed by atoms with Crippen LogP contribution in [0.4, 0.5) is 9.18 Å². The number of likely N-dealkylation sites (N-methyl/N-ethyl adjacent to an activating group) is 1. The molecule has 6 heteroatoms. The number of rotatable bonds is 6. The number of hydrogen-bond acceptors (Lipinski definition) is 2. The van der Waals surface area contributed by atoms with Gasteiger partial charge in [-0.05, 0) is 38.8 Å². The molecular weight excluding hydrogens is 275 g/mol. The molecule has 0 aliphatic carbocycles. The molecule has 0 aliphatic heterocycles. The van der Waals surface area contributed by atoms with E-state index >= 15 is 0 Å².